The van der Waals surface area contributed by atoms with Crippen LogP contribution in [-0.2, 0) is 7.05 Å². The molecule has 7 heteroatoms. The Bertz CT molecular complexity index is 1350. The van der Waals surface area contributed by atoms with Gasteiger partial charge in [-0.3, -0.25) is 9.48 Å². The van der Waals surface area contributed by atoms with Crippen LogP contribution in [0.2, 0.25) is 0 Å². The minimum Gasteiger partial charge on any atom is -0.381 e. The standard InChI is InChI=1S/C27H30N6O/c1-32-15-19(14-29-32)24-13-23-25(11-10-22(27(28)34)26(23)31-24)33-12-2-3-21(16-33)30-20-8-6-18(7-9-20)17-4-5-17/h6-11,13-15,17,21,30-31H,2-5,12,16H2,1H3,(H2,28,34)/t21-/m1/s1. The number of aromatic amines is 1. The number of nitrogens with zero attached hydrogens (tertiary/aromatic N) is 3. The third-order valence-electron chi connectivity index (χ3n) is 7.14. The molecule has 2 aromatic heterocycles. The lowest BCUT2D eigenvalue weighted by molar-refractivity contribution is 0.100. The van der Waals surface area contributed by atoms with E-state index in [1.54, 1.807) is 4.68 Å². The average Bonchev–Trinajstić information content (AvgIpc) is 3.44. The van der Waals surface area contributed by atoms with Crippen LogP contribution >= 0.6 is 0 Å². The molecule has 1 atom stereocenters. The van der Waals surface area contributed by atoms with Gasteiger partial charge in [0, 0.05) is 60.4 Å². The van der Waals surface area contributed by atoms with Gasteiger partial charge in [-0.1, -0.05) is 12.1 Å². The van der Waals surface area contributed by atoms with Crippen molar-refractivity contribution in [1.82, 2.24) is 14.8 Å². The molecule has 2 aliphatic rings. The fourth-order valence-corrected chi connectivity index (χ4v) is 5.22. The highest BCUT2D eigenvalue weighted by Crippen LogP contribution is 2.40. The number of hydrogen-bond acceptors (Lipinski definition) is 4. The number of aryl methyl sites for hydroxylation is 1. The molecule has 6 rings (SSSR count). The first-order valence-electron chi connectivity index (χ1n) is 12.1. The molecule has 174 valence electrons. The summed E-state index contributed by atoms with van der Waals surface area (Å²) in [7, 11) is 1.90. The van der Waals surface area contributed by atoms with E-state index in [0.717, 1.165) is 59.7 Å². The number of nitrogens with two attached hydrogens (primary N) is 1. The molecule has 1 amide bonds. The molecule has 2 fully saturated rings. The Hall–Kier alpha value is -3.74. The van der Waals surface area contributed by atoms with Crippen molar-refractivity contribution in [2.45, 2.75) is 37.6 Å². The van der Waals surface area contributed by atoms with Gasteiger partial charge in [-0.15, -0.1) is 0 Å². The zero-order valence-electron chi connectivity index (χ0n) is 19.4. The van der Waals surface area contributed by atoms with Crippen LogP contribution in [0, 0.1) is 0 Å². The number of fused-ring (bicyclic) bond motifs is 1. The van der Waals surface area contributed by atoms with E-state index in [-0.39, 0.29) is 0 Å². The van der Waals surface area contributed by atoms with Crippen molar-refractivity contribution < 1.29 is 4.79 Å². The first-order chi connectivity index (χ1) is 16.5. The first-order valence-corrected chi connectivity index (χ1v) is 12.1. The molecule has 1 aliphatic carbocycles. The van der Waals surface area contributed by atoms with Gasteiger partial charge < -0.3 is 20.9 Å². The number of piperidine rings is 1. The van der Waals surface area contributed by atoms with Crippen LogP contribution in [0.5, 0.6) is 0 Å². The van der Waals surface area contributed by atoms with Crippen LogP contribution in [0.15, 0.2) is 54.9 Å². The number of aromatic nitrogens is 3. The Balaban J connectivity index is 1.28. The molecule has 4 N–H and O–H groups in total. The summed E-state index contributed by atoms with van der Waals surface area (Å²) in [4.78, 5) is 18.0. The maximum atomic E-state index is 12.1. The van der Waals surface area contributed by atoms with Crippen molar-refractivity contribution in [3.05, 3.63) is 66.0 Å². The first kappa shape index (κ1) is 20.8. The van der Waals surface area contributed by atoms with Gasteiger partial charge >= 0.3 is 0 Å². The van der Waals surface area contributed by atoms with Crippen molar-refractivity contribution >= 4 is 28.2 Å². The van der Waals surface area contributed by atoms with Crippen LogP contribution in [0.4, 0.5) is 11.4 Å². The monoisotopic (exact) mass is 454 g/mol. The molecule has 2 aromatic carbocycles. The number of nitrogens with one attached hydrogen (secondary N) is 2. The van der Waals surface area contributed by atoms with E-state index < -0.39 is 5.91 Å². The van der Waals surface area contributed by atoms with Gasteiger partial charge in [0.25, 0.3) is 5.91 Å². The van der Waals surface area contributed by atoms with Gasteiger partial charge in [0.05, 0.1) is 17.3 Å². The number of amides is 1. The van der Waals surface area contributed by atoms with Crippen molar-refractivity contribution in [3.63, 3.8) is 0 Å². The minimum atomic E-state index is -0.427. The molecular formula is C27H30N6O. The number of primary amides is 1. The fraction of sp³-hybridized carbons (Fsp3) is 0.333. The second-order valence-electron chi connectivity index (χ2n) is 9.70. The molecule has 7 nitrogen and oxygen atoms in total. The van der Waals surface area contributed by atoms with E-state index in [0.29, 0.717) is 11.6 Å². The Morgan fingerprint density at radius 2 is 1.97 bits per heavy atom. The number of hydrogen-bond donors (Lipinski definition) is 3. The van der Waals surface area contributed by atoms with Gasteiger partial charge in [0.1, 0.15) is 0 Å². The number of carbonyl (C=O) groups is 1. The topological polar surface area (TPSA) is 92.0 Å². The zero-order valence-corrected chi connectivity index (χ0v) is 19.4. The molecule has 1 saturated heterocycles. The van der Waals surface area contributed by atoms with Crippen molar-refractivity contribution in [2.24, 2.45) is 12.8 Å². The maximum Gasteiger partial charge on any atom is 0.250 e. The molecular weight excluding hydrogens is 424 g/mol. The smallest absolute Gasteiger partial charge is 0.250 e. The summed E-state index contributed by atoms with van der Waals surface area (Å²) >= 11 is 0. The lowest BCUT2D eigenvalue weighted by Crippen LogP contribution is -2.42. The Kier molecular flexibility index (Phi) is 5.05. The third-order valence-corrected chi connectivity index (χ3v) is 7.14. The Morgan fingerprint density at radius 1 is 1.15 bits per heavy atom. The molecule has 0 bridgehead atoms. The summed E-state index contributed by atoms with van der Waals surface area (Å²) in [6.07, 6.45) is 8.69. The number of rotatable bonds is 6. The summed E-state index contributed by atoms with van der Waals surface area (Å²) in [6, 6.07) is 15.3. The molecule has 34 heavy (non-hydrogen) atoms. The van der Waals surface area contributed by atoms with Gasteiger partial charge in [-0.25, -0.2) is 0 Å². The van der Waals surface area contributed by atoms with Crippen molar-refractivity contribution in [3.8, 4) is 11.3 Å². The molecule has 3 heterocycles. The van der Waals surface area contributed by atoms with Crippen molar-refractivity contribution in [2.75, 3.05) is 23.3 Å². The predicted octanol–water partition coefficient (Wildman–Crippen LogP) is 4.63. The average molecular weight is 455 g/mol. The van der Waals surface area contributed by atoms with E-state index in [9.17, 15) is 4.79 Å². The van der Waals surface area contributed by atoms with E-state index in [4.69, 9.17) is 5.73 Å². The number of anilines is 2. The highest BCUT2D eigenvalue weighted by atomic mass is 16.1. The molecule has 1 saturated carbocycles. The highest BCUT2D eigenvalue weighted by molar-refractivity contribution is 6.09. The summed E-state index contributed by atoms with van der Waals surface area (Å²) in [5, 5.41) is 9.05. The number of carbonyl (C=O) groups excluding carboxylic acids is 1. The van der Waals surface area contributed by atoms with Crippen LogP contribution in [-0.4, -0.2) is 39.8 Å². The van der Waals surface area contributed by atoms with E-state index in [2.05, 4.69) is 50.6 Å². The Morgan fingerprint density at radius 3 is 2.68 bits per heavy atom. The lowest BCUT2D eigenvalue weighted by atomic mass is 10.0. The Labute approximate surface area is 198 Å². The summed E-state index contributed by atoms with van der Waals surface area (Å²) in [5.74, 6) is 0.354. The lowest BCUT2D eigenvalue weighted by Gasteiger charge is -2.35. The molecule has 0 spiro atoms. The maximum absolute atomic E-state index is 12.1. The van der Waals surface area contributed by atoms with Crippen molar-refractivity contribution in [1.29, 1.82) is 0 Å². The van der Waals surface area contributed by atoms with Gasteiger partial charge in [0.15, 0.2) is 0 Å². The molecule has 1 aliphatic heterocycles. The summed E-state index contributed by atoms with van der Waals surface area (Å²) in [5.41, 5.74) is 12.7. The summed E-state index contributed by atoms with van der Waals surface area (Å²) in [6.45, 7) is 1.89. The summed E-state index contributed by atoms with van der Waals surface area (Å²) < 4.78 is 1.77. The van der Waals surface area contributed by atoms with Crippen LogP contribution in [0.1, 0.15) is 47.5 Å². The molecule has 0 radical (unpaired) electrons. The predicted molar refractivity (Wildman–Crippen MR) is 136 cm³/mol. The quantitative estimate of drug-likeness (QED) is 0.396. The van der Waals surface area contributed by atoms with Gasteiger partial charge in [0.2, 0.25) is 0 Å². The number of H-pyrrole nitrogens is 1. The minimum absolute atomic E-state index is 0.364. The largest absolute Gasteiger partial charge is 0.381 e. The normalized spacial score (nSPS) is 18.4. The van der Waals surface area contributed by atoms with Gasteiger partial charge in [-0.05, 0) is 67.5 Å². The number of benzene rings is 2. The SMILES string of the molecule is Cn1cc(-c2cc3c(N4CCC[C@@H](Nc5ccc(C6CC6)cc5)C4)ccc(C(N)=O)c3[nH]2)cn1. The molecule has 4 aromatic rings. The second-order valence-corrected chi connectivity index (χ2v) is 9.70. The second kappa shape index (κ2) is 8.24. The third kappa shape index (κ3) is 3.91. The van der Waals surface area contributed by atoms with E-state index >= 15 is 0 Å². The van der Waals surface area contributed by atoms with E-state index in [1.807, 2.05) is 31.6 Å². The zero-order chi connectivity index (χ0) is 23.2. The molecule has 0 unspecified atom stereocenters. The van der Waals surface area contributed by atoms with E-state index in [1.165, 1.54) is 24.1 Å². The van der Waals surface area contributed by atoms with Crippen LogP contribution in [0.25, 0.3) is 22.2 Å². The fourth-order valence-electron chi connectivity index (χ4n) is 5.22. The van der Waals surface area contributed by atoms with Crippen LogP contribution in [0.3, 0.4) is 0 Å². The van der Waals surface area contributed by atoms with Gasteiger partial charge in [-0.2, -0.15) is 5.10 Å². The highest BCUT2D eigenvalue weighted by Gasteiger charge is 2.25. The van der Waals surface area contributed by atoms with Crippen LogP contribution < -0.4 is 16.0 Å².